The molecule has 32 heavy (non-hydrogen) atoms. The van der Waals surface area contributed by atoms with E-state index in [0.29, 0.717) is 6.54 Å². The quantitative estimate of drug-likeness (QED) is 0.0958. The maximum Gasteiger partial charge on any atom is 0.264 e. The van der Waals surface area contributed by atoms with E-state index in [1.807, 2.05) is 6.08 Å². The summed E-state index contributed by atoms with van der Waals surface area (Å²) in [5.74, 6) is -0.430. The van der Waals surface area contributed by atoms with Crippen molar-refractivity contribution >= 4 is 16.0 Å². The molecule has 6 heteroatoms. The van der Waals surface area contributed by atoms with Crippen molar-refractivity contribution in [2.75, 3.05) is 19.3 Å². The molecule has 0 aromatic rings. The Balaban J connectivity index is 3.35. The number of carbonyl (C=O) groups is 1. The van der Waals surface area contributed by atoms with Crippen molar-refractivity contribution in [1.29, 1.82) is 0 Å². The zero-order valence-corrected chi connectivity index (χ0v) is 21.8. The molecule has 0 saturated heterocycles. The molecule has 0 aromatic heterocycles. The molecule has 0 aliphatic heterocycles. The monoisotopic (exact) mass is 473 g/mol. The van der Waals surface area contributed by atoms with E-state index in [4.69, 9.17) is 4.55 Å². The summed E-state index contributed by atoms with van der Waals surface area (Å²) in [6.07, 6.45) is 27.8. The summed E-state index contributed by atoms with van der Waals surface area (Å²) < 4.78 is 30.1. The average Bonchev–Trinajstić information content (AvgIpc) is 2.74. The second kappa shape index (κ2) is 21.9. The Morgan fingerprint density at radius 2 is 1.12 bits per heavy atom. The van der Waals surface area contributed by atoms with E-state index in [2.05, 4.69) is 6.92 Å². The van der Waals surface area contributed by atoms with Crippen molar-refractivity contribution in [2.45, 2.75) is 129 Å². The van der Waals surface area contributed by atoms with Crippen molar-refractivity contribution in [3.63, 3.8) is 0 Å². The van der Waals surface area contributed by atoms with Gasteiger partial charge in [0.1, 0.15) is 0 Å². The smallest absolute Gasteiger partial charge is 0.264 e. The van der Waals surface area contributed by atoms with Gasteiger partial charge in [0.2, 0.25) is 5.91 Å². The van der Waals surface area contributed by atoms with Gasteiger partial charge in [0.15, 0.2) is 0 Å². The zero-order valence-electron chi connectivity index (χ0n) is 21.0. The van der Waals surface area contributed by atoms with Gasteiger partial charge in [-0.3, -0.25) is 9.35 Å². The molecule has 0 radical (unpaired) electrons. The number of amides is 1. The highest BCUT2D eigenvalue weighted by molar-refractivity contribution is 7.85. The summed E-state index contributed by atoms with van der Waals surface area (Å²) >= 11 is 0. The van der Waals surface area contributed by atoms with E-state index in [0.717, 1.165) is 12.8 Å². The lowest BCUT2D eigenvalue weighted by molar-refractivity contribution is -0.124. The number of rotatable bonds is 23. The number of likely N-dealkylation sites (N-methyl/N-ethyl adjacent to an activating group) is 1. The van der Waals surface area contributed by atoms with E-state index in [1.54, 1.807) is 13.1 Å². The van der Waals surface area contributed by atoms with Gasteiger partial charge in [-0.25, -0.2) is 0 Å². The highest BCUT2D eigenvalue weighted by Gasteiger charge is 2.08. The number of allylic oxidation sites excluding steroid dienone is 1. The minimum Gasteiger partial charge on any atom is -0.342 e. The molecule has 0 bridgehead atoms. The van der Waals surface area contributed by atoms with Gasteiger partial charge in [-0.15, -0.1) is 0 Å². The first kappa shape index (κ1) is 31.1. The Labute approximate surface area is 199 Å². The molecule has 0 aliphatic carbocycles. The van der Waals surface area contributed by atoms with Gasteiger partial charge in [-0.1, -0.05) is 116 Å². The highest BCUT2D eigenvalue weighted by atomic mass is 32.2. The molecular formula is C26H51NO4S. The molecule has 0 rings (SSSR count). The minimum absolute atomic E-state index is 0.118. The van der Waals surface area contributed by atoms with Crippen molar-refractivity contribution < 1.29 is 17.8 Å². The van der Waals surface area contributed by atoms with Crippen LogP contribution in [0.15, 0.2) is 12.2 Å². The van der Waals surface area contributed by atoms with Crippen molar-refractivity contribution in [3.8, 4) is 0 Å². The maximum atomic E-state index is 11.9. The molecule has 0 aliphatic rings. The Morgan fingerprint density at radius 3 is 1.53 bits per heavy atom. The molecule has 0 aromatic carbocycles. The fourth-order valence-electron chi connectivity index (χ4n) is 3.89. The molecule has 0 saturated carbocycles. The summed E-state index contributed by atoms with van der Waals surface area (Å²) in [4.78, 5) is 13.4. The van der Waals surface area contributed by atoms with Gasteiger partial charge in [0, 0.05) is 13.6 Å². The van der Waals surface area contributed by atoms with Gasteiger partial charge in [-0.2, -0.15) is 8.42 Å². The first-order valence-electron chi connectivity index (χ1n) is 13.2. The second-order valence-corrected chi connectivity index (χ2v) is 10.8. The van der Waals surface area contributed by atoms with Crippen molar-refractivity contribution in [2.24, 2.45) is 0 Å². The van der Waals surface area contributed by atoms with Gasteiger partial charge in [0.05, 0.1) is 5.75 Å². The van der Waals surface area contributed by atoms with Gasteiger partial charge < -0.3 is 4.90 Å². The van der Waals surface area contributed by atoms with E-state index < -0.39 is 10.1 Å². The third kappa shape index (κ3) is 23.8. The number of nitrogens with zero attached hydrogens (tertiary/aromatic N) is 1. The zero-order chi connectivity index (χ0) is 23.9. The normalized spacial score (nSPS) is 12.0. The molecule has 0 spiro atoms. The standard InChI is InChI=1S/C26H51NO4S/c1-3-4-5-6-7-8-9-10-11-12-13-14-15-16-17-18-19-20-21-23-26(28)27(2)24-22-25-32(29,30)31/h21,23H,3-20,22,24-25H2,1-2H3,(H,29,30,31)/b23-21+. The van der Waals surface area contributed by atoms with Crippen LogP contribution in [0.5, 0.6) is 0 Å². The SMILES string of the molecule is CCCCCCCCCCCCCCCCCCC/C=C/C(=O)N(C)CCCS(=O)(=O)O. The summed E-state index contributed by atoms with van der Waals surface area (Å²) in [7, 11) is -2.30. The molecular weight excluding hydrogens is 422 g/mol. The Hall–Kier alpha value is -0.880. The fourth-order valence-corrected chi connectivity index (χ4v) is 4.39. The van der Waals surface area contributed by atoms with Crippen LogP contribution in [-0.4, -0.2) is 43.1 Å². The lowest BCUT2D eigenvalue weighted by atomic mass is 10.0. The van der Waals surface area contributed by atoms with Crippen LogP contribution in [0.3, 0.4) is 0 Å². The number of hydrogen-bond donors (Lipinski definition) is 1. The van der Waals surface area contributed by atoms with Crippen LogP contribution in [0.25, 0.3) is 0 Å². The Bertz CT molecular complexity index is 560. The Kier molecular flexibility index (Phi) is 21.3. The summed E-state index contributed by atoms with van der Waals surface area (Å²) in [5.41, 5.74) is 0. The predicted octanol–water partition coefficient (Wildman–Crippen LogP) is 7.32. The number of unbranched alkanes of at least 4 members (excludes halogenated alkanes) is 17. The molecule has 1 N–H and O–H groups in total. The summed E-state index contributed by atoms with van der Waals surface area (Å²) in [6.45, 7) is 2.60. The second-order valence-electron chi connectivity index (χ2n) is 9.25. The summed E-state index contributed by atoms with van der Waals surface area (Å²) in [6, 6.07) is 0. The van der Waals surface area contributed by atoms with Crippen molar-refractivity contribution in [1.82, 2.24) is 4.90 Å². The lowest BCUT2D eigenvalue weighted by Gasteiger charge is -2.14. The molecule has 0 fully saturated rings. The van der Waals surface area contributed by atoms with Gasteiger partial charge in [0.25, 0.3) is 10.1 Å². The van der Waals surface area contributed by atoms with E-state index >= 15 is 0 Å². The maximum absolute atomic E-state index is 11.9. The average molecular weight is 474 g/mol. The first-order chi connectivity index (χ1) is 15.4. The molecule has 1 amide bonds. The van der Waals surface area contributed by atoms with Crippen LogP contribution >= 0.6 is 0 Å². The summed E-state index contributed by atoms with van der Waals surface area (Å²) in [5, 5.41) is 0. The van der Waals surface area contributed by atoms with E-state index in [9.17, 15) is 13.2 Å². The number of hydrogen-bond acceptors (Lipinski definition) is 3. The fraction of sp³-hybridized carbons (Fsp3) is 0.885. The van der Waals surface area contributed by atoms with Gasteiger partial charge in [-0.05, 0) is 25.3 Å². The lowest BCUT2D eigenvalue weighted by Crippen LogP contribution is -2.27. The molecule has 190 valence electrons. The topological polar surface area (TPSA) is 74.7 Å². The van der Waals surface area contributed by atoms with Crippen molar-refractivity contribution in [3.05, 3.63) is 12.2 Å². The molecule has 0 heterocycles. The van der Waals surface area contributed by atoms with Crippen LogP contribution in [0.4, 0.5) is 0 Å². The van der Waals surface area contributed by atoms with E-state index in [1.165, 1.54) is 108 Å². The minimum atomic E-state index is -3.95. The molecule has 0 unspecified atom stereocenters. The van der Waals surface area contributed by atoms with Crippen LogP contribution < -0.4 is 0 Å². The Morgan fingerprint density at radius 1 is 0.719 bits per heavy atom. The number of carbonyl (C=O) groups excluding carboxylic acids is 1. The van der Waals surface area contributed by atoms with Crippen LogP contribution in [-0.2, 0) is 14.9 Å². The third-order valence-electron chi connectivity index (χ3n) is 6.01. The highest BCUT2D eigenvalue weighted by Crippen LogP contribution is 2.14. The van der Waals surface area contributed by atoms with Crippen LogP contribution in [0.1, 0.15) is 129 Å². The largest absolute Gasteiger partial charge is 0.342 e. The van der Waals surface area contributed by atoms with Crippen LogP contribution in [0.2, 0.25) is 0 Å². The van der Waals surface area contributed by atoms with E-state index in [-0.39, 0.29) is 18.1 Å². The first-order valence-corrected chi connectivity index (χ1v) is 14.8. The third-order valence-corrected chi connectivity index (χ3v) is 6.81. The molecule has 5 nitrogen and oxygen atoms in total. The predicted molar refractivity (Wildman–Crippen MR) is 137 cm³/mol. The van der Waals surface area contributed by atoms with Crippen LogP contribution in [0, 0.1) is 0 Å². The van der Waals surface area contributed by atoms with Gasteiger partial charge >= 0.3 is 0 Å². The molecule has 0 atom stereocenters.